The number of nitrogens with zero attached hydrogens (tertiary/aromatic N) is 2. The molecule has 0 bridgehead atoms. The summed E-state index contributed by atoms with van der Waals surface area (Å²) in [7, 11) is 0. The van der Waals surface area contributed by atoms with Crippen LogP contribution < -0.4 is 10.1 Å². The van der Waals surface area contributed by atoms with Crippen molar-refractivity contribution < 1.29 is 9.53 Å². The summed E-state index contributed by atoms with van der Waals surface area (Å²) in [4.78, 5) is 12.4. The Bertz CT molecular complexity index is 796. The highest BCUT2D eigenvalue weighted by Gasteiger charge is 2.35. The average molecular weight is 346 g/mol. The molecule has 0 radical (unpaired) electrons. The van der Waals surface area contributed by atoms with E-state index in [1.807, 2.05) is 35.8 Å². The Morgan fingerprint density at radius 1 is 1.46 bits per heavy atom. The van der Waals surface area contributed by atoms with Gasteiger partial charge in [-0.2, -0.15) is 5.10 Å². The minimum absolute atomic E-state index is 0.0476. The number of ether oxygens (including phenoxy) is 1. The molecule has 2 aromatic rings. The van der Waals surface area contributed by atoms with Crippen molar-refractivity contribution in [3.05, 3.63) is 40.4 Å². The predicted molar refractivity (Wildman–Crippen MR) is 93.8 cm³/mol. The fourth-order valence-corrected chi connectivity index (χ4v) is 3.45. The van der Waals surface area contributed by atoms with Crippen molar-refractivity contribution in [2.45, 2.75) is 45.3 Å². The molecule has 2 heterocycles. The minimum Gasteiger partial charge on any atom is -0.480 e. The molecule has 0 saturated heterocycles. The lowest BCUT2D eigenvalue weighted by molar-refractivity contribution is -0.127. The van der Waals surface area contributed by atoms with Crippen LogP contribution in [0.15, 0.2) is 24.3 Å². The second-order valence-corrected chi connectivity index (χ2v) is 6.70. The topological polar surface area (TPSA) is 71.9 Å². The van der Waals surface area contributed by atoms with E-state index in [2.05, 4.69) is 29.4 Å². The Hall–Kier alpha value is -2.15. The number of amides is 1. The van der Waals surface area contributed by atoms with Crippen molar-refractivity contribution in [1.29, 1.82) is 0 Å². The number of benzene rings is 1. The van der Waals surface area contributed by atoms with Crippen molar-refractivity contribution in [2.75, 3.05) is 6.54 Å². The zero-order chi connectivity index (χ0) is 17.3. The number of hydrogen-bond donors (Lipinski definition) is 2. The van der Waals surface area contributed by atoms with Crippen molar-refractivity contribution in [2.24, 2.45) is 0 Å². The van der Waals surface area contributed by atoms with Crippen molar-refractivity contribution >= 4 is 18.1 Å². The van der Waals surface area contributed by atoms with Crippen LogP contribution in [0, 0.1) is 4.77 Å². The molecule has 1 aromatic carbocycles. The number of fused-ring (bicyclic) bond motifs is 1. The number of hydrogen-bond acceptors (Lipinski definition) is 4. The summed E-state index contributed by atoms with van der Waals surface area (Å²) in [5, 5.41) is 10.00. The van der Waals surface area contributed by atoms with Gasteiger partial charge in [-0.05, 0) is 32.1 Å². The zero-order valence-electron chi connectivity index (χ0n) is 14.1. The summed E-state index contributed by atoms with van der Waals surface area (Å²) >= 11 is 5.23. The molecule has 0 unspecified atom stereocenters. The normalized spacial score (nSPS) is 19.2. The van der Waals surface area contributed by atoms with E-state index in [9.17, 15) is 4.79 Å². The van der Waals surface area contributed by atoms with Crippen LogP contribution >= 0.6 is 12.2 Å². The molecule has 1 aliphatic heterocycles. The molecule has 0 saturated carbocycles. The van der Waals surface area contributed by atoms with Gasteiger partial charge in [0, 0.05) is 30.5 Å². The molecule has 1 aromatic heterocycles. The third kappa shape index (κ3) is 3.08. The van der Waals surface area contributed by atoms with E-state index in [1.165, 1.54) is 0 Å². The monoisotopic (exact) mass is 346 g/mol. The van der Waals surface area contributed by atoms with Gasteiger partial charge in [-0.1, -0.05) is 25.1 Å². The van der Waals surface area contributed by atoms with E-state index in [1.54, 1.807) is 0 Å². The fourth-order valence-electron chi connectivity index (χ4n) is 3.09. The molecule has 128 valence electrons. The largest absolute Gasteiger partial charge is 0.480 e. The van der Waals surface area contributed by atoms with Gasteiger partial charge in [-0.3, -0.25) is 9.89 Å². The number of rotatable bonds is 5. The Balaban J connectivity index is 1.59. The maximum atomic E-state index is 12.4. The van der Waals surface area contributed by atoms with Gasteiger partial charge in [-0.25, -0.2) is 0 Å². The van der Waals surface area contributed by atoms with Crippen LogP contribution in [0.4, 0.5) is 0 Å². The Labute approximate surface area is 146 Å². The van der Waals surface area contributed by atoms with Gasteiger partial charge >= 0.3 is 0 Å². The van der Waals surface area contributed by atoms with Gasteiger partial charge in [0.25, 0.3) is 5.91 Å². The first-order valence-corrected chi connectivity index (χ1v) is 8.59. The van der Waals surface area contributed by atoms with Gasteiger partial charge in [0.15, 0.2) is 10.9 Å². The maximum absolute atomic E-state index is 12.4. The quantitative estimate of drug-likeness (QED) is 0.817. The highest BCUT2D eigenvalue weighted by atomic mass is 32.1. The molecule has 1 amide bonds. The molecular formula is C17H22N4O2S. The number of carbonyl (C=O) groups excluding carboxylic acids is 1. The molecule has 2 N–H and O–H groups in total. The molecule has 0 fully saturated rings. The van der Waals surface area contributed by atoms with Crippen LogP contribution in [0.25, 0.3) is 0 Å². The highest BCUT2D eigenvalue weighted by Crippen LogP contribution is 2.37. The van der Waals surface area contributed by atoms with E-state index in [0.717, 1.165) is 17.1 Å². The van der Waals surface area contributed by atoms with E-state index in [-0.39, 0.29) is 17.9 Å². The summed E-state index contributed by atoms with van der Waals surface area (Å²) in [5.41, 5.74) is 1.08. The van der Waals surface area contributed by atoms with Crippen molar-refractivity contribution in [3.8, 4) is 5.75 Å². The van der Waals surface area contributed by atoms with Gasteiger partial charge in [0.05, 0.1) is 0 Å². The van der Waals surface area contributed by atoms with Crippen LogP contribution in [0.3, 0.4) is 0 Å². The molecule has 3 rings (SSSR count). The van der Waals surface area contributed by atoms with Gasteiger partial charge < -0.3 is 14.6 Å². The first-order chi connectivity index (χ1) is 11.5. The number of nitrogens with one attached hydrogen (secondary N) is 2. The first kappa shape index (κ1) is 16.7. The van der Waals surface area contributed by atoms with Crippen LogP contribution in [0.5, 0.6) is 5.75 Å². The number of aromatic nitrogens is 3. The Morgan fingerprint density at radius 2 is 2.21 bits per heavy atom. The highest BCUT2D eigenvalue weighted by molar-refractivity contribution is 7.71. The Morgan fingerprint density at radius 3 is 2.92 bits per heavy atom. The summed E-state index contributed by atoms with van der Waals surface area (Å²) in [6.45, 7) is 6.62. The van der Waals surface area contributed by atoms with E-state index in [0.29, 0.717) is 17.7 Å². The van der Waals surface area contributed by atoms with Gasteiger partial charge in [0.1, 0.15) is 11.6 Å². The Kier molecular flexibility index (Phi) is 4.71. The lowest BCUT2D eigenvalue weighted by Gasteiger charge is -2.15. The number of para-hydroxylation sites is 1. The van der Waals surface area contributed by atoms with Crippen molar-refractivity contribution in [3.63, 3.8) is 0 Å². The van der Waals surface area contributed by atoms with E-state index >= 15 is 0 Å². The van der Waals surface area contributed by atoms with Gasteiger partial charge in [-0.15, -0.1) is 0 Å². The minimum atomic E-state index is -0.478. The predicted octanol–water partition coefficient (Wildman–Crippen LogP) is 2.74. The average Bonchev–Trinajstić information content (AvgIpc) is 3.08. The molecule has 24 heavy (non-hydrogen) atoms. The summed E-state index contributed by atoms with van der Waals surface area (Å²) < 4.78 is 8.36. The molecule has 2 atom stereocenters. The van der Waals surface area contributed by atoms with E-state index in [4.69, 9.17) is 17.0 Å². The van der Waals surface area contributed by atoms with Crippen molar-refractivity contribution in [1.82, 2.24) is 20.1 Å². The standard InChI is InChI=1S/C17H22N4O2S/c1-10(2)21-14(19-20-17(21)24)8-9-18-16(22)15-11(3)12-6-4-5-7-13(12)23-15/h4-7,10-11,15H,8-9H2,1-3H3,(H,18,22)(H,20,24)/t11-,15+/m1/s1. The van der Waals surface area contributed by atoms with Crippen LogP contribution in [-0.2, 0) is 11.2 Å². The van der Waals surface area contributed by atoms with E-state index < -0.39 is 6.10 Å². The van der Waals surface area contributed by atoms with Crippen LogP contribution in [0.2, 0.25) is 0 Å². The second-order valence-electron chi connectivity index (χ2n) is 6.31. The zero-order valence-corrected chi connectivity index (χ0v) is 14.9. The second kappa shape index (κ2) is 6.76. The molecule has 0 spiro atoms. The number of aromatic amines is 1. The SMILES string of the molecule is CC(C)n1c(CCNC(=O)[C@H]2Oc3ccccc3[C@H]2C)n[nH]c1=S. The van der Waals surface area contributed by atoms with Gasteiger partial charge in [0.2, 0.25) is 0 Å². The molecule has 7 heteroatoms. The third-order valence-corrected chi connectivity index (χ3v) is 4.61. The summed E-state index contributed by atoms with van der Waals surface area (Å²) in [6.07, 6.45) is 0.138. The smallest absolute Gasteiger partial charge is 0.261 e. The summed E-state index contributed by atoms with van der Waals surface area (Å²) in [6, 6.07) is 8.02. The molecule has 1 aliphatic rings. The summed E-state index contributed by atoms with van der Waals surface area (Å²) in [5.74, 6) is 1.60. The first-order valence-electron chi connectivity index (χ1n) is 8.18. The third-order valence-electron chi connectivity index (χ3n) is 4.32. The fraction of sp³-hybridized carbons (Fsp3) is 0.471. The molecule has 0 aliphatic carbocycles. The van der Waals surface area contributed by atoms with Crippen LogP contribution in [0.1, 0.15) is 44.1 Å². The number of H-pyrrole nitrogens is 1. The lowest BCUT2D eigenvalue weighted by atomic mass is 9.97. The lowest BCUT2D eigenvalue weighted by Crippen LogP contribution is -2.40. The maximum Gasteiger partial charge on any atom is 0.261 e. The molecule has 6 nitrogen and oxygen atoms in total. The van der Waals surface area contributed by atoms with Crippen LogP contribution in [-0.4, -0.2) is 33.3 Å². The number of carbonyl (C=O) groups is 1. The molecular weight excluding hydrogens is 324 g/mol.